The number of allylic oxidation sites excluding steroid dienone is 1. The Morgan fingerprint density at radius 2 is 1.92 bits per heavy atom. The van der Waals surface area contributed by atoms with Gasteiger partial charge in [-0.25, -0.2) is 0 Å². The molecule has 0 amide bonds. The maximum Gasteiger partial charge on any atom is 0.323 e. The molecule has 0 radical (unpaired) electrons. The van der Waals surface area contributed by atoms with Gasteiger partial charge in [0.2, 0.25) is 5.89 Å². The van der Waals surface area contributed by atoms with Crippen LogP contribution in [0, 0.1) is 0 Å². The van der Waals surface area contributed by atoms with Gasteiger partial charge in [-0.05, 0) is 25.7 Å². The lowest BCUT2D eigenvalue weighted by atomic mass is 9.99. The molecule has 0 aliphatic carbocycles. The van der Waals surface area contributed by atoms with Crippen LogP contribution in [0.25, 0.3) is 0 Å². The molecule has 0 fully saturated rings. The highest BCUT2D eigenvalue weighted by molar-refractivity contribution is 5.74. The number of carboxylic acid groups (broad SMARTS) is 1. The van der Waals surface area contributed by atoms with E-state index in [-0.39, 0.29) is 6.42 Å². The highest BCUT2D eigenvalue weighted by Gasteiger charge is 2.32. The van der Waals surface area contributed by atoms with Crippen molar-refractivity contribution < 1.29 is 29.7 Å². The molecule has 0 aromatic carbocycles. The van der Waals surface area contributed by atoms with Crippen LogP contribution in [0.4, 0.5) is 0 Å². The summed E-state index contributed by atoms with van der Waals surface area (Å²) in [6.45, 7) is 1.97. The van der Waals surface area contributed by atoms with Gasteiger partial charge in [-0.3, -0.25) is 4.79 Å². The highest BCUT2D eigenvalue weighted by atomic mass is 16.5. The molecule has 148 valence electrons. The Balaban J connectivity index is 2.15. The average molecular weight is 371 g/mol. The normalized spacial score (nSPS) is 16.5. The quantitative estimate of drug-likeness (QED) is 0.240. The number of carboxylic acids is 1. The Bertz CT molecular complexity index is 562. The van der Waals surface area contributed by atoms with Crippen LogP contribution < -0.4 is 5.73 Å². The van der Waals surface area contributed by atoms with E-state index in [0.717, 1.165) is 44.3 Å². The van der Waals surface area contributed by atoms with Crippen molar-refractivity contribution >= 4 is 5.97 Å². The molecule has 26 heavy (non-hydrogen) atoms. The van der Waals surface area contributed by atoms with Gasteiger partial charge in [-0.15, -0.1) is 0 Å². The lowest BCUT2D eigenvalue weighted by Crippen LogP contribution is -2.51. The number of aromatic nitrogens is 2. The Morgan fingerprint density at radius 1 is 1.19 bits per heavy atom. The molecule has 0 aliphatic heterocycles. The molecule has 1 heterocycles. The number of aliphatic hydroxyl groups is 3. The van der Waals surface area contributed by atoms with Gasteiger partial charge in [0.1, 0.15) is 18.2 Å². The van der Waals surface area contributed by atoms with E-state index in [4.69, 9.17) is 15.4 Å². The third-order valence-electron chi connectivity index (χ3n) is 4.03. The summed E-state index contributed by atoms with van der Waals surface area (Å²) >= 11 is 0. The monoisotopic (exact) mass is 371 g/mol. The van der Waals surface area contributed by atoms with Crippen LogP contribution in [0.2, 0.25) is 0 Å². The molecule has 0 aliphatic rings. The fourth-order valence-electron chi connectivity index (χ4n) is 2.33. The van der Waals surface area contributed by atoms with Crippen molar-refractivity contribution in [3.8, 4) is 0 Å². The molecule has 6 N–H and O–H groups in total. The second-order valence-corrected chi connectivity index (χ2v) is 6.18. The number of aryl methyl sites for hydroxylation is 2. The van der Waals surface area contributed by atoms with Crippen molar-refractivity contribution in [1.82, 2.24) is 10.1 Å². The van der Waals surface area contributed by atoms with Crippen LogP contribution in [-0.2, 0) is 17.6 Å². The molecule has 0 saturated carbocycles. The summed E-state index contributed by atoms with van der Waals surface area (Å²) in [6, 6.07) is -1.64. The van der Waals surface area contributed by atoms with E-state index in [1.54, 1.807) is 6.08 Å². The first-order valence-electron chi connectivity index (χ1n) is 8.85. The molecule has 0 bridgehead atoms. The minimum atomic E-state index is -1.73. The van der Waals surface area contributed by atoms with Crippen molar-refractivity contribution in [1.29, 1.82) is 0 Å². The number of hydrogen-bond donors (Lipinski definition) is 5. The zero-order valence-electron chi connectivity index (χ0n) is 15.0. The lowest BCUT2D eigenvalue weighted by Gasteiger charge is -2.24. The highest BCUT2D eigenvalue weighted by Crippen LogP contribution is 2.10. The van der Waals surface area contributed by atoms with Gasteiger partial charge in [-0.1, -0.05) is 30.7 Å². The summed E-state index contributed by atoms with van der Waals surface area (Å²) in [5, 5.41) is 41.6. The third kappa shape index (κ3) is 7.61. The number of nitrogens with zero attached hydrogens (tertiary/aromatic N) is 2. The Hall–Kier alpha value is -1.81. The number of carbonyl (C=O) groups is 1. The molecule has 0 saturated heterocycles. The van der Waals surface area contributed by atoms with Crippen molar-refractivity contribution in [3.63, 3.8) is 0 Å². The van der Waals surface area contributed by atoms with Crippen LogP contribution in [-0.4, -0.2) is 60.9 Å². The first-order valence-corrected chi connectivity index (χ1v) is 8.85. The Kier molecular flexibility index (Phi) is 10.0. The van der Waals surface area contributed by atoms with Gasteiger partial charge in [0.25, 0.3) is 0 Å². The molecule has 9 nitrogen and oxygen atoms in total. The second-order valence-electron chi connectivity index (χ2n) is 6.18. The van der Waals surface area contributed by atoms with E-state index in [0.29, 0.717) is 5.89 Å². The van der Waals surface area contributed by atoms with E-state index >= 15 is 0 Å². The first kappa shape index (κ1) is 22.2. The molecular weight excluding hydrogens is 342 g/mol. The number of hydrogen-bond acceptors (Lipinski definition) is 8. The first-order chi connectivity index (χ1) is 12.4. The standard InChI is InChI=1S/C17H29N3O6/c1-2-12-19-13(26-20-12)10-8-6-4-3-5-7-9-11(21)15(22)16(23)14(18)17(24)25/h5,7,11,14-16,21-23H,2-4,6,8-10,18H2,1H3,(H,24,25)/b7-5-. The molecule has 0 spiro atoms. The van der Waals surface area contributed by atoms with E-state index in [1.807, 2.05) is 13.0 Å². The van der Waals surface area contributed by atoms with Crippen molar-refractivity contribution in [2.75, 3.05) is 0 Å². The van der Waals surface area contributed by atoms with E-state index < -0.39 is 30.3 Å². The lowest BCUT2D eigenvalue weighted by molar-refractivity contribution is -0.145. The van der Waals surface area contributed by atoms with Crippen LogP contribution >= 0.6 is 0 Å². The summed E-state index contributed by atoms with van der Waals surface area (Å²) in [4.78, 5) is 14.9. The minimum absolute atomic E-state index is 0.104. The summed E-state index contributed by atoms with van der Waals surface area (Å²) in [7, 11) is 0. The number of aliphatic carboxylic acids is 1. The van der Waals surface area contributed by atoms with Crippen LogP contribution in [0.15, 0.2) is 16.7 Å². The molecule has 1 rings (SSSR count). The number of rotatable bonds is 13. The topological polar surface area (TPSA) is 163 Å². The molecule has 1 aromatic heterocycles. The average Bonchev–Trinajstić information content (AvgIpc) is 3.09. The van der Waals surface area contributed by atoms with Crippen LogP contribution in [0.3, 0.4) is 0 Å². The van der Waals surface area contributed by atoms with Gasteiger partial charge >= 0.3 is 5.97 Å². The molecular formula is C17H29N3O6. The number of aliphatic hydroxyl groups excluding tert-OH is 3. The fraction of sp³-hybridized carbons (Fsp3) is 0.706. The van der Waals surface area contributed by atoms with Crippen LogP contribution in [0.5, 0.6) is 0 Å². The summed E-state index contributed by atoms with van der Waals surface area (Å²) in [5.74, 6) is -0.0588. The third-order valence-corrected chi connectivity index (χ3v) is 4.03. The minimum Gasteiger partial charge on any atom is -0.480 e. The smallest absolute Gasteiger partial charge is 0.323 e. The second kappa shape index (κ2) is 11.7. The zero-order chi connectivity index (χ0) is 19.5. The molecule has 4 atom stereocenters. The van der Waals surface area contributed by atoms with Gasteiger partial charge in [0, 0.05) is 12.8 Å². The van der Waals surface area contributed by atoms with E-state index in [2.05, 4.69) is 10.1 Å². The number of nitrogens with two attached hydrogens (primary N) is 1. The van der Waals surface area contributed by atoms with Crippen molar-refractivity contribution in [3.05, 3.63) is 23.9 Å². The van der Waals surface area contributed by atoms with Crippen molar-refractivity contribution in [2.24, 2.45) is 5.73 Å². The van der Waals surface area contributed by atoms with Gasteiger partial charge in [0.15, 0.2) is 5.82 Å². The van der Waals surface area contributed by atoms with Gasteiger partial charge < -0.3 is 30.7 Å². The molecule has 4 unspecified atom stereocenters. The number of unbranched alkanes of at least 4 members (excludes halogenated alkanes) is 3. The fourth-order valence-corrected chi connectivity index (χ4v) is 2.33. The predicted octanol–water partition coefficient (Wildman–Crippen LogP) is 0.176. The maximum absolute atomic E-state index is 10.7. The Labute approximate surface area is 152 Å². The van der Waals surface area contributed by atoms with Crippen LogP contribution in [0.1, 0.15) is 50.7 Å². The van der Waals surface area contributed by atoms with E-state index in [9.17, 15) is 20.1 Å². The molecule has 1 aromatic rings. The maximum atomic E-state index is 10.7. The summed E-state index contributed by atoms with van der Waals surface area (Å²) in [6.07, 6.45) is 4.26. The van der Waals surface area contributed by atoms with Crippen molar-refractivity contribution in [2.45, 2.75) is 76.2 Å². The van der Waals surface area contributed by atoms with E-state index in [1.165, 1.54) is 0 Å². The Morgan fingerprint density at radius 3 is 2.54 bits per heavy atom. The predicted molar refractivity (Wildman–Crippen MR) is 93.2 cm³/mol. The molecule has 9 heteroatoms. The zero-order valence-corrected chi connectivity index (χ0v) is 15.0. The SMILES string of the molecule is CCc1noc(CCCCC/C=C\CC(O)C(O)C(O)C(N)C(=O)O)n1. The van der Waals surface area contributed by atoms with Gasteiger partial charge in [0.05, 0.1) is 6.10 Å². The summed E-state index contributed by atoms with van der Waals surface area (Å²) < 4.78 is 5.11. The van der Waals surface area contributed by atoms with Gasteiger partial charge in [-0.2, -0.15) is 4.98 Å². The largest absolute Gasteiger partial charge is 0.480 e. The summed E-state index contributed by atoms with van der Waals surface area (Å²) in [5.41, 5.74) is 5.22.